The molecule has 4 nitrogen and oxygen atoms in total. The zero-order chi connectivity index (χ0) is 11.5. The molecule has 0 aromatic carbocycles. The highest BCUT2D eigenvalue weighted by Crippen LogP contribution is 2.31. The number of rotatable bonds is 5. The standard InChI is InChI=1S/C11H16N4S/c1-2-15(7-8-3-4-8)11-9(10(12)16)5-6-13-14-11/h5-6,8H,2-4,7H2,1H3,(H2,12,16). The van der Waals surface area contributed by atoms with Gasteiger partial charge in [-0.25, -0.2) is 0 Å². The highest BCUT2D eigenvalue weighted by atomic mass is 32.1. The SMILES string of the molecule is CCN(CC1CC1)c1nnccc1C(N)=S. The van der Waals surface area contributed by atoms with Gasteiger partial charge >= 0.3 is 0 Å². The second-order valence-electron chi connectivity index (χ2n) is 4.11. The third-order valence-electron chi connectivity index (χ3n) is 2.82. The molecule has 1 aliphatic rings. The number of hydrogen-bond donors (Lipinski definition) is 1. The van der Waals surface area contributed by atoms with Crippen molar-refractivity contribution in [3.8, 4) is 0 Å². The van der Waals surface area contributed by atoms with Crippen molar-refractivity contribution in [2.45, 2.75) is 19.8 Å². The Labute approximate surface area is 101 Å². The van der Waals surface area contributed by atoms with Crippen LogP contribution in [-0.2, 0) is 0 Å². The lowest BCUT2D eigenvalue weighted by atomic mass is 10.2. The van der Waals surface area contributed by atoms with Crippen LogP contribution in [0, 0.1) is 5.92 Å². The smallest absolute Gasteiger partial charge is 0.161 e. The van der Waals surface area contributed by atoms with Crippen LogP contribution in [-0.4, -0.2) is 28.3 Å². The molecule has 1 aliphatic carbocycles. The molecule has 1 fully saturated rings. The molecule has 1 aromatic heterocycles. The Bertz CT molecular complexity index is 389. The summed E-state index contributed by atoms with van der Waals surface area (Å²) in [5.41, 5.74) is 6.52. The van der Waals surface area contributed by atoms with Crippen LogP contribution in [0.25, 0.3) is 0 Å². The second kappa shape index (κ2) is 4.74. The van der Waals surface area contributed by atoms with Crippen LogP contribution in [0.3, 0.4) is 0 Å². The zero-order valence-corrected chi connectivity index (χ0v) is 10.2. The molecule has 16 heavy (non-hydrogen) atoms. The van der Waals surface area contributed by atoms with E-state index in [9.17, 15) is 0 Å². The van der Waals surface area contributed by atoms with E-state index < -0.39 is 0 Å². The summed E-state index contributed by atoms with van der Waals surface area (Å²) in [7, 11) is 0. The Morgan fingerprint density at radius 2 is 2.38 bits per heavy atom. The Kier molecular flexibility index (Phi) is 3.33. The van der Waals surface area contributed by atoms with Crippen molar-refractivity contribution in [2.24, 2.45) is 11.7 Å². The molecule has 0 atom stereocenters. The van der Waals surface area contributed by atoms with Gasteiger partial charge in [0.05, 0.1) is 11.8 Å². The van der Waals surface area contributed by atoms with E-state index in [1.165, 1.54) is 12.8 Å². The van der Waals surface area contributed by atoms with Crippen molar-refractivity contribution in [1.29, 1.82) is 0 Å². The predicted octanol–water partition coefficient (Wildman–Crippen LogP) is 1.35. The number of aromatic nitrogens is 2. The first-order chi connectivity index (χ1) is 7.72. The molecule has 0 spiro atoms. The average Bonchev–Trinajstić information content (AvgIpc) is 3.09. The summed E-state index contributed by atoms with van der Waals surface area (Å²) >= 11 is 5.03. The van der Waals surface area contributed by atoms with E-state index in [0.717, 1.165) is 30.4 Å². The fourth-order valence-electron chi connectivity index (χ4n) is 1.73. The van der Waals surface area contributed by atoms with Crippen LogP contribution < -0.4 is 10.6 Å². The monoisotopic (exact) mass is 236 g/mol. The first kappa shape index (κ1) is 11.3. The van der Waals surface area contributed by atoms with E-state index >= 15 is 0 Å². The van der Waals surface area contributed by atoms with Crippen LogP contribution in [0.1, 0.15) is 25.3 Å². The predicted molar refractivity (Wildman–Crippen MR) is 68.5 cm³/mol. The van der Waals surface area contributed by atoms with Gasteiger partial charge in [0.2, 0.25) is 0 Å². The molecule has 1 heterocycles. The fourth-order valence-corrected chi connectivity index (χ4v) is 1.89. The van der Waals surface area contributed by atoms with Crippen molar-refractivity contribution in [3.05, 3.63) is 17.8 Å². The summed E-state index contributed by atoms with van der Waals surface area (Å²) in [6.07, 6.45) is 4.27. The molecular weight excluding hydrogens is 220 g/mol. The number of hydrogen-bond acceptors (Lipinski definition) is 4. The maximum Gasteiger partial charge on any atom is 0.161 e. The fraction of sp³-hybridized carbons (Fsp3) is 0.545. The average molecular weight is 236 g/mol. The summed E-state index contributed by atoms with van der Waals surface area (Å²) in [5.74, 6) is 1.63. The molecule has 0 amide bonds. The van der Waals surface area contributed by atoms with Gasteiger partial charge in [-0.3, -0.25) is 0 Å². The van der Waals surface area contributed by atoms with Crippen molar-refractivity contribution in [2.75, 3.05) is 18.0 Å². The molecule has 0 radical (unpaired) electrons. The first-order valence-electron chi connectivity index (χ1n) is 5.58. The van der Waals surface area contributed by atoms with Gasteiger partial charge in [-0.15, -0.1) is 5.10 Å². The molecule has 2 N–H and O–H groups in total. The Hall–Kier alpha value is -1.23. The summed E-state index contributed by atoms with van der Waals surface area (Å²) in [4.78, 5) is 2.60. The minimum atomic E-state index is 0.388. The summed E-state index contributed by atoms with van der Waals surface area (Å²) in [6.45, 7) is 4.05. The van der Waals surface area contributed by atoms with Crippen molar-refractivity contribution >= 4 is 23.0 Å². The Morgan fingerprint density at radius 1 is 1.62 bits per heavy atom. The lowest BCUT2D eigenvalue weighted by Gasteiger charge is -2.23. The molecule has 2 rings (SSSR count). The molecule has 0 bridgehead atoms. The number of nitrogens with zero attached hydrogens (tertiary/aromatic N) is 3. The van der Waals surface area contributed by atoms with Crippen molar-refractivity contribution in [3.63, 3.8) is 0 Å². The minimum Gasteiger partial charge on any atom is -0.389 e. The number of nitrogens with two attached hydrogens (primary N) is 1. The zero-order valence-electron chi connectivity index (χ0n) is 9.39. The van der Waals surface area contributed by atoms with Crippen LogP contribution in [0.15, 0.2) is 12.3 Å². The third-order valence-corrected chi connectivity index (χ3v) is 3.04. The number of anilines is 1. The highest BCUT2D eigenvalue weighted by Gasteiger charge is 2.25. The second-order valence-corrected chi connectivity index (χ2v) is 4.55. The lowest BCUT2D eigenvalue weighted by Crippen LogP contribution is -2.29. The molecule has 1 saturated carbocycles. The Balaban J connectivity index is 2.24. The van der Waals surface area contributed by atoms with Gasteiger partial charge in [0.1, 0.15) is 4.99 Å². The van der Waals surface area contributed by atoms with Gasteiger partial charge in [0.25, 0.3) is 0 Å². The van der Waals surface area contributed by atoms with Crippen LogP contribution >= 0.6 is 12.2 Å². The Morgan fingerprint density at radius 3 is 2.94 bits per heavy atom. The normalized spacial score (nSPS) is 14.8. The molecule has 5 heteroatoms. The van der Waals surface area contributed by atoms with Crippen LogP contribution in [0.4, 0.5) is 5.82 Å². The van der Waals surface area contributed by atoms with Gasteiger partial charge in [-0.2, -0.15) is 5.10 Å². The minimum absolute atomic E-state index is 0.388. The van der Waals surface area contributed by atoms with E-state index in [2.05, 4.69) is 22.0 Å². The largest absolute Gasteiger partial charge is 0.389 e. The van der Waals surface area contributed by atoms with Crippen molar-refractivity contribution < 1.29 is 0 Å². The molecule has 1 aromatic rings. The van der Waals surface area contributed by atoms with Gasteiger partial charge in [0.15, 0.2) is 5.82 Å². The van der Waals surface area contributed by atoms with Crippen molar-refractivity contribution in [1.82, 2.24) is 10.2 Å². The van der Waals surface area contributed by atoms with E-state index in [0.29, 0.717) is 4.99 Å². The summed E-state index contributed by atoms with van der Waals surface area (Å²) in [6, 6.07) is 1.83. The lowest BCUT2D eigenvalue weighted by molar-refractivity contribution is 0.723. The summed E-state index contributed by atoms with van der Waals surface area (Å²) in [5, 5.41) is 8.08. The quantitative estimate of drug-likeness (QED) is 0.782. The summed E-state index contributed by atoms with van der Waals surface area (Å²) < 4.78 is 0. The third kappa shape index (κ3) is 2.47. The molecule has 0 saturated heterocycles. The maximum atomic E-state index is 5.69. The van der Waals surface area contributed by atoms with Crippen LogP contribution in [0.2, 0.25) is 0 Å². The topological polar surface area (TPSA) is 55.0 Å². The van der Waals surface area contributed by atoms with E-state index in [4.69, 9.17) is 18.0 Å². The van der Waals surface area contributed by atoms with E-state index in [-0.39, 0.29) is 0 Å². The van der Waals surface area contributed by atoms with Gasteiger partial charge in [-0.1, -0.05) is 12.2 Å². The molecule has 0 unspecified atom stereocenters. The number of thiocarbonyl (C=S) groups is 1. The van der Waals surface area contributed by atoms with Gasteiger partial charge in [-0.05, 0) is 31.7 Å². The molecule has 86 valence electrons. The molecule has 0 aliphatic heterocycles. The van der Waals surface area contributed by atoms with E-state index in [1.807, 2.05) is 6.07 Å². The van der Waals surface area contributed by atoms with Gasteiger partial charge in [0, 0.05) is 13.1 Å². The van der Waals surface area contributed by atoms with E-state index in [1.54, 1.807) is 6.20 Å². The highest BCUT2D eigenvalue weighted by molar-refractivity contribution is 7.80. The maximum absolute atomic E-state index is 5.69. The van der Waals surface area contributed by atoms with Crippen LogP contribution in [0.5, 0.6) is 0 Å². The first-order valence-corrected chi connectivity index (χ1v) is 5.99. The van der Waals surface area contributed by atoms with Gasteiger partial charge < -0.3 is 10.6 Å². The molecular formula is C11H16N4S.